The van der Waals surface area contributed by atoms with Gasteiger partial charge in [-0.1, -0.05) is 28.1 Å². The summed E-state index contributed by atoms with van der Waals surface area (Å²) in [6.07, 6.45) is 2.46. The van der Waals surface area contributed by atoms with Gasteiger partial charge in [-0.05, 0) is 44.1 Å². The molecule has 0 unspecified atom stereocenters. The number of benzene rings is 1. The zero-order valence-electron chi connectivity index (χ0n) is 10.5. The van der Waals surface area contributed by atoms with Crippen LogP contribution in [0.15, 0.2) is 28.7 Å². The minimum absolute atomic E-state index is 1.17. The maximum atomic E-state index is 3.47. The van der Waals surface area contributed by atoms with E-state index in [0.29, 0.717) is 0 Å². The third kappa shape index (κ3) is 4.41. The summed E-state index contributed by atoms with van der Waals surface area (Å²) >= 11 is 3.47. The highest BCUT2D eigenvalue weighted by Crippen LogP contribution is 2.12. The molecule has 17 heavy (non-hydrogen) atoms. The van der Waals surface area contributed by atoms with E-state index in [1.165, 1.54) is 55.6 Å². The van der Waals surface area contributed by atoms with Gasteiger partial charge in [-0.3, -0.25) is 0 Å². The second-order valence-corrected chi connectivity index (χ2v) is 5.79. The van der Waals surface area contributed by atoms with Crippen molar-refractivity contribution in [2.45, 2.75) is 12.8 Å². The number of rotatable bonds is 4. The van der Waals surface area contributed by atoms with E-state index in [1.807, 2.05) is 0 Å². The van der Waals surface area contributed by atoms with Crippen LogP contribution in [0.25, 0.3) is 0 Å². The molecule has 1 heterocycles. The van der Waals surface area contributed by atoms with Gasteiger partial charge in [0, 0.05) is 30.7 Å². The molecule has 0 atom stereocenters. The minimum Gasteiger partial charge on any atom is -0.304 e. The smallest absolute Gasteiger partial charge is 0.0175 e. The Morgan fingerprint density at radius 2 is 1.71 bits per heavy atom. The third-order valence-corrected chi connectivity index (χ3v) is 3.98. The first-order valence-corrected chi connectivity index (χ1v) is 7.19. The lowest BCUT2D eigenvalue weighted by molar-refractivity contribution is 0.153. The number of hydrogen-bond donors (Lipinski definition) is 0. The molecule has 94 valence electrons. The van der Waals surface area contributed by atoms with E-state index in [4.69, 9.17) is 0 Å². The monoisotopic (exact) mass is 296 g/mol. The summed E-state index contributed by atoms with van der Waals surface area (Å²) in [5.74, 6) is 0. The summed E-state index contributed by atoms with van der Waals surface area (Å²) in [7, 11) is 2.21. The van der Waals surface area contributed by atoms with Crippen LogP contribution in [-0.2, 0) is 6.42 Å². The van der Waals surface area contributed by atoms with Crippen molar-refractivity contribution in [3.63, 3.8) is 0 Å². The summed E-state index contributed by atoms with van der Waals surface area (Å²) in [5.41, 5.74) is 1.45. The lowest BCUT2D eigenvalue weighted by Gasteiger charge is -2.32. The maximum Gasteiger partial charge on any atom is 0.0175 e. The highest BCUT2D eigenvalue weighted by atomic mass is 79.9. The molecule has 0 saturated carbocycles. The topological polar surface area (TPSA) is 6.48 Å². The van der Waals surface area contributed by atoms with Gasteiger partial charge in [0.1, 0.15) is 0 Å². The molecule has 1 fully saturated rings. The molecule has 0 aromatic heterocycles. The number of nitrogens with zero attached hydrogens (tertiary/aromatic N) is 2. The van der Waals surface area contributed by atoms with Gasteiger partial charge in [0.05, 0.1) is 0 Å². The van der Waals surface area contributed by atoms with Gasteiger partial charge >= 0.3 is 0 Å². The van der Waals surface area contributed by atoms with E-state index in [2.05, 4.69) is 57.0 Å². The molecule has 0 amide bonds. The Bertz CT molecular complexity index is 329. The molecule has 2 rings (SSSR count). The first-order valence-electron chi connectivity index (χ1n) is 6.39. The van der Waals surface area contributed by atoms with Crippen LogP contribution in [0.4, 0.5) is 0 Å². The fraction of sp³-hybridized carbons (Fsp3) is 0.571. The van der Waals surface area contributed by atoms with Crippen molar-refractivity contribution in [3.05, 3.63) is 34.3 Å². The first kappa shape index (κ1) is 13.1. The molecular weight excluding hydrogens is 276 g/mol. The summed E-state index contributed by atoms with van der Waals surface area (Å²) in [6, 6.07) is 8.69. The highest BCUT2D eigenvalue weighted by Gasteiger charge is 2.12. The van der Waals surface area contributed by atoms with Crippen molar-refractivity contribution < 1.29 is 0 Å². The van der Waals surface area contributed by atoms with E-state index in [9.17, 15) is 0 Å². The third-order valence-electron chi connectivity index (χ3n) is 3.45. The molecule has 1 aliphatic rings. The van der Waals surface area contributed by atoms with Crippen LogP contribution >= 0.6 is 15.9 Å². The van der Waals surface area contributed by atoms with Gasteiger partial charge in [-0.2, -0.15) is 0 Å². The molecule has 2 nitrogen and oxygen atoms in total. The van der Waals surface area contributed by atoms with E-state index >= 15 is 0 Å². The second kappa shape index (κ2) is 6.53. The lowest BCUT2D eigenvalue weighted by atomic mass is 10.1. The molecule has 1 aromatic rings. The van der Waals surface area contributed by atoms with Gasteiger partial charge in [-0.25, -0.2) is 0 Å². The summed E-state index contributed by atoms with van der Waals surface area (Å²) in [4.78, 5) is 4.99. The highest BCUT2D eigenvalue weighted by molar-refractivity contribution is 9.10. The minimum atomic E-state index is 1.17. The number of piperazine rings is 1. The molecule has 0 radical (unpaired) electrons. The molecule has 0 N–H and O–H groups in total. The molecule has 0 spiro atoms. The molecule has 1 aliphatic heterocycles. The summed E-state index contributed by atoms with van der Waals surface area (Å²) in [6.45, 7) is 6.15. The average Bonchev–Trinajstić information content (AvgIpc) is 2.34. The molecular formula is C14H21BrN2. The van der Waals surface area contributed by atoms with Gasteiger partial charge in [0.25, 0.3) is 0 Å². The molecule has 1 aromatic carbocycles. The summed E-state index contributed by atoms with van der Waals surface area (Å²) < 4.78 is 1.17. The van der Waals surface area contributed by atoms with Crippen LogP contribution in [0.2, 0.25) is 0 Å². The Morgan fingerprint density at radius 3 is 2.35 bits per heavy atom. The van der Waals surface area contributed by atoms with Crippen LogP contribution in [-0.4, -0.2) is 49.6 Å². The maximum absolute atomic E-state index is 3.47. The predicted molar refractivity (Wildman–Crippen MR) is 76.4 cm³/mol. The quantitative estimate of drug-likeness (QED) is 0.843. The fourth-order valence-corrected chi connectivity index (χ4v) is 2.49. The van der Waals surface area contributed by atoms with Crippen molar-refractivity contribution in [1.82, 2.24) is 9.80 Å². The SMILES string of the molecule is CN1CCN(CCCc2ccc(Br)cc2)CC1. The summed E-state index contributed by atoms with van der Waals surface area (Å²) in [5, 5.41) is 0. The Balaban J connectivity index is 1.67. The Morgan fingerprint density at radius 1 is 1.06 bits per heavy atom. The number of halogens is 1. The van der Waals surface area contributed by atoms with E-state index in [0.717, 1.165) is 0 Å². The van der Waals surface area contributed by atoms with Gasteiger partial charge in [0.15, 0.2) is 0 Å². The zero-order chi connectivity index (χ0) is 12.1. The van der Waals surface area contributed by atoms with Crippen molar-refractivity contribution >= 4 is 15.9 Å². The zero-order valence-corrected chi connectivity index (χ0v) is 12.1. The van der Waals surface area contributed by atoms with Crippen molar-refractivity contribution in [1.29, 1.82) is 0 Å². The van der Waals surface area contributed by atoms with Crippen molar-refractivity contribution in [2.24, 2.45) is 0 Å². The Hall–Kier alpha value is -0.380. The van der Waals surface area contributed by atoms with E-state index in [-0.39, 0.29) is 0 Å². The van der Waals surface area contributed by atoms with Crippen molar-refractivity contribution in [2.75, 3.05) is 39.8 Å². The van der Waals surface area contributed by atoms with Crippen LogP contribution in [0.1, 0.15) is 12.0 Å². The number of hydrogen-bond acceptors (Lipinski definition) is 2. The standard InChI is InChI=1S/C14H21BrN2/c1-16-9-11-17(12-10-16)8-2-3-13-4-6-14(15)7-5-13/h4-7H,2-3,8-12H2,1H3. The second-order valence-electron chi connectivity index (χ2n) is 4.87. The number of aryl methyl sites for hydroxylation is 1. The lowest BCUT2D eigenvalue weighted by Crippen LogP contribution is -2.44. The molecule has 0 aliphatic carbocycles. The normalized spacial score (nSPS) is 18.5. The Labute approximate surface area is 113 Å². The van der Waals surface area contributed by atoms with Crippen molar-refractivity contribution in [3.8, 4) is 0 Å². The average molecular weight is 297 g/mol. The fourth-order valence-electron chi connectivity index (χ4n) is 2.23. The largest absolute Gasteiger partial charge is 0.304 e. The first-order chi connectivity index (χ1) is 8.24. The predicted octanol–water partition coefficient (Wildman–Crippen LogP) is 2.63. The Kier molecular flexibility index (Phi) is 5.01. The van der Waals surface area contributed by atoms with Crippen LogP contribution in [0.5, 0.6) is 0 Å². The van der Waals surface area contributed by atoms with Crippen LogP contribution in [0, 0.1) is 0 Å². The van der Waals surface area contributed by atoms with E-state index < -0.39 is 0 Å². The van der Waals surface area contributed by atoms with Crippen LogP contribution < -0.4 is 0 Å². The molecule has 1 saturated heterocycles. The van der Waals surface area contributed by atoms with Gasteiger partial charge in [-0.15, -0.1) is 0 Å². The van der Waals surface area contributed by atoms with E-state index in [1.54, 1.807) is 0 Å². The molecule has 0 bridgehead atoms. The van der Waals surface area contributed by atoms with Crippen LogP contribution in [0.3, 0.4) is 0 Å². The van der Waals surface area contributed by atoms with Gasteiger partial charge < -0.3 is 9.80 Å². The van der Waals surface area contributed by atoms with Gasteiger partial charge in [0.2, 0.25) is 0 Å². The molecule has 3 heteroatoms. The number of likely N-dealkylation sites (N-methyl/N-ethyl adjacent to an activating group) is 1.